The van der Waals surface area contributed by atoms with Crippen molar-refractivity contribution < 1.29 is 32.2 Å². The molecule has 2 aliphatic rings. The minimum Gasteiger partial charge on any atom is -0.490 e. The summed E-state index contributed by atoms with van der Waals surface area (Å²) in [6.07, 6.45) is 3.20. The number of halogens is 1. The van der Waals surface area contributed by atoms with Gasteiger partial charge < -0.3 is 15.2 Å². The van der Waals surface area contributed by atoms with Crippen LogP contribution in [0.4, 0.5) is 4.39 Å². The van der Waals surface area contributed by atoms with Crippen LogP contribution in [0.5, 0.6) is 5.75 Å². The molecule has 2 fully saturated rings. The second-order valence-corrected chi connectivity index (χ2v) is 10.7. The molecule has 1 aliphatic heterocycles. The van der Waals surface area contributed by atoms with Crippen molar-refractivity contribution in [3.8, 4) is 5.75 Å². The first-order valence-electron chi connectivity index (χ1n) is 11.3. The lowest BCUT2D eigenvalue weighted by molar-refractivity contribution is -0.134. The van der Waals surface area contributed by atoms with Gasteiger partial charge in [0, 0.05) is 13.0 Å². The van der Waals surface area contributed by atoms with E-state index in [1.165, 1.54) is 18.2 Å². The quantitative estimate of drug-likeness (QED) is 0.241. The number of aliphatic hydroxyl groups is 1. The predicted octanol–water partition coefficient (Wildman–Crippen LogP) is 0.916. The maximum atomic E-state index is 14.1. The number of ether oxygens (including phenoxy) is 1. The summed E-state index contributed by atoms with van der Waals surface area (Å²) in [5.74, 6) is -0.951. The monoisotopic (exact) mass is 485 g/mol. The molecule has 9 nitrogen and oxygen atoms in total. The third-order valence-electron chi connectivity index (χ3n) is 6.03. The summed E-state index contributed by atoms with van der Waals surface area (Å²) in [4.78, 5) is 22.9. The van der Waals surface area contributed by atoms with Crippen molar-refractivity contribution in [2.24, 2.45) is 5.92 Å². The summed E-state index contributed by atoms with van der Waals surface area (Å²) >= 11 is 0. The predicted molar refractivity (Wildman–Crippen MR) is 119 cm³/mol. The van der Waals surface area contributed by atoms with Gasteiger partial charge in [-0.3, -0.25) is 14.9 Å². The van der Waals surface area contributed by atoms with E-state index in [1.807, 2.05) is 0 Å². The first-order valence-corrected chi connectivity index (χ1v) is 13.0. The molecule has 1 aromatic carbocycles. The first kappa shape index (κ1) is 25.5. The molecule has 3 rings (SSSR count). The van der Waals surface area contributed by atoms with Crippen LogP contribution < -0.4 is 20.1 Å². The number of benzene rings is 1. The SMILES string of the molecule is CCC(O)(CNS(=O)(=O)CCCNC1CCC(=O)NC1=O)c1ccc(F)c(OCC2CC2)c1. The summed E-state index contributed by atoms with van der Waals surface area (Å²) in [5.41, 5.74) is -1.15. The maximum Gasteiger partial charge on any atom is 0.243 e. The van der Waals surface area contributed by atoms with Gasteiger partial charge in [0.05, 0.1) is 18.4 Å². The van der Waals surface area contributed by atoms with Crippen molar-refractivity contribution in [2.45, 2.75) is 57.1 Å². The van der Waals surface area contributed by atoms with Crippen molar-refractivity contribution in [1.29, 1.82) is 0 Å². The van der Waals surface area contributed by atoms with Gasteiger partial charge in [-0.25, -0.2) is 17.5 Å². The van der Waals surface area contributed by atoms with E-state index in [9.17, 15) is 27.5 Å². The lowest BCUT2D eigenvalue weighted by Crippen LogP contribution is -2.51. The molecule has 2 amide bonds. The molecule has 1 saturated carbocycles. The second-order valence-electron chi connectivity index (χ2n) is 8.74. The normalized spacial score (nSPS) is 20.9. The molecule has 4 N–H and O–H groups in total. The van der Waals surface area contributed by atoms with Crippen molar-refractivity contribution >= 4 is 21.8 Å². The summed E-state index contributed by atoms with van der Waals surface area (Å²) in [7, 11) is -3.70. The van der Waals surface area contributed by atoms with E-state index in [0.29, 0.717) is 24.5 Å². The van der Waals surface area contributed by atoms with Gasteiger partial charge in [0.15, 0.2) is 11.6 Å². The molecule has 1 aromatic rings. The summed E-state index contributed by atoms with van der Waals surface area (Å²) in [6.45, 7) is 2.15. The fourth-order valence-corrected chi connectivity index (χ4v) is 4.68. The fourth-order valence-electron chi connectivity index (χ4n) is 3.56. The molecule has 11 heteroatoms. The Morgan fingerprint density at radius 1 is 1.27 bits per heavy atom. The van der Waals surface area contributed by atoms with Crippen molar-refractivity contribution in [1.82, 2.24) is 15.4 Å². The topological polar surface area (TPSA) is 134 Å². The van der Waals surface area contributed by atoms with Crippen molar-refractivity contribution in [3.63, 3.8) is 0 Å². The van der Waals surface area contributed by atoms with Crippen LogP contribution in [0.1, 0.15) is 51.0 Å². The highest BCUT2D eigenvalue weighted by Crippen LogP contribution is 2.32. The number of imide groups is 1. The lowest BCUT2D eigenvalue weighted by Gasteiger charge is -2.28. The largest absolute Gasteiger partial charge is 0.490 e. The van der Waals surface area contributed by atoms with Crippen molar-refractivity contribution in [3.05, 3.63) is 29.6 Å². The number of sulfonamides is 1. The Bertz CT molecular complexity index is 969. The van der Waals surface area contributed by atoms with E-state index in [0.717, 1.165) is 12.8 Å². The van der Waals surface area contributed by atoms with Gasteiger partial charge in [-0.2, -0.15) is 0 Å². The van der Waals surface area contributed by atoms with Crippen LogP contribution >= 0.6 is 0 Å². The minimum atomic E-state index is -3.70. The third kappa shape index (κ3) is 7.46. The zero-order chi connectivity index (χ0) is 24.1. The molecule has 0 aromatic heterocycles. The molecule has 33 heavy (non-hydrogen) atoms. The highest BCUT2D eigenvalue weighted by molar-refractivity contribution is 7.89. The molecular formula is C22H32FN3O6S. The molecule has 1 aliphatic carbocycles. The smallest absolute Gasteiger partial charge is 0.243 e. The lowest BCUT2D eigenvalue weighted by atomic mass is 9.91. The van der Waals surface area contributed by atoms with Gasteiger partial charge in [-0.05, 0) is 62.3 Å². The summed E-state index contributed by atoms with van der Waals surface area (Å²) in [5, 5.41) is 16.3. The van der Waals surface area contributed by atoms with Crippen LogP contribution in [0.25, 0.3) is 0 Å². The fraction of sp³-hybridized carbons (Fsp3) is 0.636. The number of hydrogen-bond acceptors (Lipinski definition) is 7. The molecule has 0 bridgehead atoms. The average molecular weight is 486 g/mol. The van der Waals surface area contributed by atoms with Crippen molar-refractivity contribution in [2.75, 3.05) is 25.4 Å². The standard InChI is InChI=1S/C22H32FN3O6S/c1-2-22(29,16-6-7-17(23)19(12-16)32-13-15-4-5-15)14-25-33(30,31)11-3-10-24-18-8-9-20(27)26-21(18)28/h6-7,12,15,18,24-25,29H,2-5,8-11,13-14H2,1H3,(H,26,27,28). The Labute approximate surface area is 193 Å². The van der Waals surface area contributed by atoms with E-state index in [2.05, 4.69) is 15.4 Å². The molecule has 1 heterocycles. The highest BCUT2D eigenvalue weighted by Gasteiger charge is 2.31. The van der Waals surface area contributed by atoms with E-state index >= 15 is 0 Å². The third-order valence-corrected chi connectivity index (χ3v) is 7.44. The van der Waals surface area contributed by atoms with Crippen LogP contribution in [0, 0.1) is 11.7 Å². The maximum absolute atomic E-state index is 14.1. The number of amides is 2. The van der Waals surface area contributed by atoms with Crippen LogP contribution in [0.2, 0.25) is 0 Å². The van der Waals surface area contributed by atoms with Crippen LogP contribution in [-0.2, 0) is 25.2 Å². The van der Waals surface area contributed by atoms with Gasteiger partial charge in [-0.1, -0.05) is 13.0 Å². The first-order chi connectivity index (χ1) is 15.6. The number of nitrogens with one attached hydrogen (secondary N) is 3. The molecule has 0 spiro atoms. The summed E-state index contributed by atoms with van der Waals surface area (Å²) in [6, 6.07) is 3.56. The Balaban J connectivity index is 1.50. The molecular weight excluding hydrogens is 453 g/mol. The molecule has 0 radical (unpaired) electrons. The number of carbonyl (C=O) groups excluding carboxylic acids is 2. The highest BCUT2D eigenvalue weighted by atomic mass is 32.2. The number of rotatable bonds is 13. The van der Waals surface area contributed by atoms with Crippen LogP contribution in [0.15, 0.2) is 18.2 Å². The van der Waals surface area contributed by atoms with Gasteiger partial charge in [0.25, 0.3) is 0 Å². The van der Waals surface area contributed by atoms with E-state index in [1.54, 1.807) is 6.92 Å². The zero-order valence-corrected chi connectivity index (χ0v) is 19.5. The van der Waals surface area contributed by atoms with Gasteiger partial charge in [0.2, 0.25) is 21.8 Å². The molecule has 2 atom stereocenters. The number of hydrogen-bond donors (Lipinski definition) is 4. The van der Waals surface area contributed by atoms with E-state index < -0.39 is 33.4 Å². The van der Waals surface area contributed by atoms with Crippen LogP contribution in [-0.4, -0.2) is 56.8 Å². The van der Waals surface area contributed by atoms with Gasteiger partial charge in [0.1, 0.15) is 5.60 Å². The average Bonchev–Trinajstić information content (AvgIpc) is 3.60. The number of carbonyl (C=O) groups is 2. The second kappa shape index (κ2) is 10.9. The number of piperidine rings is 1. The zero-order valence-electron chi connectivity index (χ0n) is 18.7. The molecule has 2 unspecified atom stereocenters. The van der Waals surface area contributed by atoms with Crippen LogP contribution in [0.3, 0.4) is 0 Å². The Morgan fingerprint density at radius 2 is 2.03 bits per heavy atom. The minimum absolute atomic E-state index is 0.0497. The Morgan fingerprint density at radius 3 is 2.70 bits per heavy atom. The van der Waals surface area contributed by atoms with Gasteiger partial charge in [-0.15, -0.1) is 0 Å². The molecule has 184 valence electrons. The summed E-state index contributed by atoms with van der Waals surface area (Å²) < 4.78 is 46.9. The Kier molecular flexibility index (Phi) is 8.43. The van der Waals surface area contributed by atoms with E-state index in [4.69, 9.17) is 4.74 Å². The Hall–Kier alpha value is -2.08. The van der Waals surface area contributed by atoms with Gasteiger partial charge >= 0.3 is 0 Å². The van der Waals surface area contributed by atoms with E-state index in [-0.39, 0.29) is 49.8 Å². The molecule has 1 saturated heterocycles.